The summed E-state index contributed by atoms with van der Waals surface area (Å²) in [4.78, 5) is 4.56. The molecule has 0 radical (unpaired) electrons. The summed E-state index contributed by atoms with van der Waals surface area (Å²) in [5.74, 6) is 4.34. The fraction of sp³-hybridized carbons (Fsp3) is 0.500. The maximum absolute atomic E-state index is 13.7. The molecular weight excluding hydrogens is 363 g/mol. The molecule has 1 saturated heterocycles. The monoisotopic (exact) mass is 376 g/mol. The molecule has 0 aliphatic carbocycles. The number of imidazole rings is 1. The Morgan fingerprint density at radius 2 is 2.35 bits per heavy atom. The molecule has 0 amide bonds. The number of alkyl halides is 1. The minimum atomic E-state index is -0.268. The third-order valence-corrected chi connectivity index (χ3v) is 5.68. The minimum absolute atomic E-state index is 0.268. The van der Waals surface area contributed by atoms with Gasteiger partial charge in [0.15, 0.2) is 0 Å². The van der Waals surface area contributed by atoms with Crippen LogP contribution in [0.5, 0.6) is 0 Å². The fourth-order valence-corrected chi connectivity index (χ4v) is 4.41. The Kier molecular flexibility index (Phi) is 4.58. The van der Waals surface area contributed by atoms with E-state index in [-0.39, 0.29) is 5.82 Å². The third-order valence-electron chi connectivity index (χ3n) is 3.65. The summed E-state index contributed by atoms with van der Waals surface area (Å²) >= 11 is 11.1. The molecule has 20 heavy (non-hydrogen) atoms. The van der Waals surface area contributed by atoms with Crippen molar-refractivity contribution < 1.29 is 4.39 Å². The first kappa shape index (κ1) is 14.7. The highest BCUT2D eigenvalue weighted by atomic mass is 79.9. The Morgan fingerprint density at radius 1 is 1.50 bits per heavy atom. The minimum Gasteiger partial charge on any atom is -0.328 e. The maximum Gasteiger partial charge on any atom is 0.139 e. The van der Waals surface area contributed by atoms with Crippen LogP contribution in [0.15, 0.2) is 16.6 Å². The fourth-order valence-electron chi connectivity index (χ4n) is 2.63. The van der Waals surface area contributed by atoms with E-state index in [1.807, 2.05) is 17.8 Å². The molecule has 6 heteroatoms. The second-order valence-electron chi connectivity index (χ2n) is 5.06. The van der Waals surface area contributed by atoms with Crippen LogP contribution in [-0.4, -0.2) is 26.9 Å². The van der Waals surface area contributed by atoms with E-state index in [1.54, 1.807) is 0 Å². The number of rotatable bonds is 4. The van der Waals surface area contributed by atoms with Crippen molar-refractivity contribution in [1.82, 2.24) is 9.55 Å². The van der Waals surface area contributed by atoms with E-state index >= 15 is 0 Å². The molecule has 2 aromatic rings. The van der Waals surface area contributed by atoms with Gasteiger partial charge in [-0.2, -0.15) is 11.8 Å². The van der Waals surface area contributed by atoms with Crippen molar-refractivity contribution in [2.45, 2.75) is 19.4 Å². The number of halogens is 3. The standard InChI is InChI=1S/C14H15BrClFN2S/c15-10-5-13-12(6-11(10)17)18-14(1-3-16)19(13)7-9-2-4-20-8-9/h5-6,9H,1-4,7-8H2. The zero-order chi connectivity index (χ0) is 14.1. The van der Waals surface area contributed by atoms with Crippen molar-refractivity contribution in [3.63, 3.8) is 0 Å². The number of fused-ring (bicyclic) bond motifs is 1. The van der Waals surface area contributed by atoms with Crippen LogP contribution in [-0.2, 0) is 13.0 Å². The quantitative estimate of drug-likeness (QED) is 0.732. The second kappa shape index (κ2) is 6.24. The number of benzene rings is 1. The Hall–Kier alpha value is -0.260. The topological polar surface area (TPSA) is 17.8 Å². The predicted molar refractivity (Wildman–Crippen MR) is 87.2 cm³/mol. The van der Waals surface area contributed by atoms with Crippen LogP contribution in [0.2, 0.25) is 0 Å². The smallest absolute Gasteiger partial charge is 0.139 e. The van der Waals surface area contributed by atoms with E-state index in [1.165, 1.54) is 24.0 Å². The van der Waals surface area contributed by atoms with Gasteiger partial charge >= 0.3 is 0 Å². The predicted octanol–water partition coefficient (Wildman–Crippen LogP) is 4.47. The lowest BCUT2D eigenvalue weighted by molar-refractivity contribution is 0.490. The molecule has 0 bridgehead atoms. The Bertz CT molecular complexity index is 625. The molecule has 2 nitrogen and oxygen atoms in total. The van der Waals surface area contributed by atoms with Crippen molar-refractivity contribution >= 4 is 50.3 Å². The van der Waals surface area contributed by atoms with Gasteiger partial charge in [0.2, 0.25) is 0 Å². The number of aromatic nitrogens is 2. The molecule has 1 aliphatic rings. The van der Waals surface area contributed by atoms with Gasteiger partial charge in [0.05, 0.1) is 15.5 Å². The van der Waals surface area contributed by atoms with E-state index in [9.17, 15) is 4.39 Å². The van der Waals surface area contributed by atoms with Gasteiger partial charge in [0, 0.05) is 24.9 Å². The maximum atomic E-state index is 13.7. The normalized spacial score (nSPS) is 19.1. The van der Waals surface area contributed by atoms with E-state index in [4.69, 9.17) is 11.6 Å². The first-order valence-corrected chi connectivity index (χ1v) is 9.15. The second-order valence-corrected chi connectivity index (χ2v) is 7.44. The van der Waals surface area contributed by atoms with Crippen molar-refractivity contribution in [3.05, 3.63) is 28.2 Å². The van der Waals surface area contributed by atoms with Gasteiger partial charge in [0.1, 0.15) is 11.6 Å². The molecule has 1 aromatic carbocycles. The lowest BCUT2D eigenvalue weighted by Crippen LogP contribution is -2.13. The molecule has 1 fully saturated rings. The Labute approximate surface area is 135 Å². The molecule has 0 N–H and O–H groups in total. The van der Waals surface area contributed by atoms with Crippen LogP contribution in [0.25, 0.3) is 11.0 Å². The SMILES string of the molecule is Fc1cc2nc(CCCl)n(CC3CCSC3)c2cc1Br. The zero-order valence-electron chi connectivity index (χ0n) is 10.9. The molecule has 108 valence electrons. The summed E-state index contributed by atoms with van der Waals surface area (Å²) in [5.41, 5.74) is 1.71. The average Bonchev–Trinajstić information content (AvgIpc) is 3.02. The molecule has 1 aliphatic heterocycles. The third kappa shape index (κ3) is 2.85. The van der Waals surface area contributed by atoms with Gasteiger partial charge in [-0.15, -0.1) is 11.6 Å². The number of nitrogens with zero attached hydrogens (tertiary/aromatic N) is 2. The van der Waals surface area contributed by atoms with Crippen LogP contribution >= 0.6 is 39.3 Å². The first-order valence-electron chi connectivity index (χ1n) is 6.67. The van der Waals surface area contributed by atoms with Gasteiger partial charge in [0.25, 0.3) is 0 Å². The lowest BCUT2D eigenvalue weighted by atomic mass is 10.1. The molecular formula is C14H15BrClFN2S. The Balaban J connectivity index is 2.04. The summed E-state index contributed by atoms with van der Waals surface area (Å²) in [6.07, 6.45) is 1.96. The molecule has 1 atom stereocenters. The summed E-state index contributed by atoms with van der Waals surface area (Å²) in [6, 6.07) is 3.33. The van der Waals surface area contributed by atoms with E-state index in [2.05, 4.69) is 25.5 Å². The van der Waals surface area contributed by atoms with E-state index in [0.717, 1.165) is 29.8 Å². The molecule has 0 saturated carbocycles. The van der Waals surface area contributed by atoms with Crippen molar-refractivity contribution in [1.29, 1.82) is 0 Å². The summed E-state index contributed by atoms with van der Waals surface area (Å²) in [5, 5.41) is 0. The molecule has 0 spiro atoms. The van der Waals surface area contributed by atoms with Gasteiger partial charge in [-0.3, -0.25) is 0 Å². The van der Waals surface area contributed by atoms with Crippen molar-refractivity contribution in [3.8, 4) is 0 Å². The van der Waals surface area contributed by atoms with Crippen LogP contribution in [0.3, 0.4) is 0 Å². The van der Waals surface area contributed by atoms with Gasteiger partial charge in [-0.25, -0.2) is 9.37 Å². The highest BCUT2D eigenvalue weighted by molar-refractivity contribution is 9.10. The van der Waals surface area contributed by atoms with Crippen LogP contribution in [0.1, 0.15) is 12.2 Å². The van der Waals surface area contributed by atoms with E-state index < -0.39 is 0 Å². The number of thioether (sulfide) groups is 1. The lowest BCUT2D eigenvalue weighted by Gasteiger charge is -2.13. The summed E-state index contributed by atoms with van der Waals surface area (Å²) in [6.45, 7) is 0.952. The highest BCUT2D eigenvalue weighted by Crippen LogP contribution is 2.29. The molecule has 3 rings (SSSR count). The van der Waals surface area contributed by atoms with Crippen LogP contribution in [0.4, 0.5) is 4.39 Å². The summed E-state index contributed by atoms with van der Waals surface area (Å²) in [7, 11) is 0. The van der Waals surface area contributed by atoms with Crippen LogP contribution < -0.4 is 0 Å². The van der Waals surface area contributed by atoms with Crippen LogP contribution in [0, 0.1) is 11.7 Å². The van der Waals surface area contributed by atoms with Gasteiger partial charge < -0.3 is 4.57 Å². The number of hydrogen-bond acceptors (Lipinski definition) is 2. The number of hydrogen-bond donors (Lipinski definition) is 0. The number of aryl methyl sites for hydroxylation is 1. The highest BCUT2D eigenvalue weighted by Gasteiger charge is 2.20. The first-order chi connectivity index (χ1) is 9.69. The average molecular weight is 378 g/mol. The van der Waals surface area contributed by atoms with Crippen molar-refractivity contribution in [2.24, 2.45) is 5.92 Å². The summed E-state index contributed by atoms with van der Waals surface area (Å²) < 4.78 is 16.4. The van der Waals surface area contributed by atoms with Crippen molar-refractivity contribution in [2.75, 3.05) is 17.4 Å². The largest absolute Gasteiger partial charge is 0.328 e. The zero-order valence-corrected chi connectivity index (χ0v) is 14.1. The van der Waals surface area contributed by atoms with E-state index in [0.29, 0.717) is 16.3 Å². The Morgan fingerprint density at radius 3 is 3.05 bits per heavy atom. The molecule has 1 aromatic heterocycles. The molecule has 2 heterocycles. The van der Waals surface area contributed by atoms with Gasteiger partial charge in [-0.1, -0.05) is 0 Å². The molecule has 1 unspecified atom stereocenters. The van der Waals surface area contributed by atoms with Gasteiger partial charge in [-0.05, 0) is 45.8 Å².